The van der Waals surface area contributed by atoms with Gasteiger partial charge in [0, 0.05) is 11.8 Å². The lowest BCUT2D eigenvalue weighted by Gasteiger charge is -2.42. The fourth-order valence-corrected chi connectivity index (χ4v) is 7.16. The monoisotopic (exact) mass is 573 g/mol. The molecule has 1 aromatic heterocycles. The third-order valence-electron chi connectivity index (χ3n) is 6.90. The van der Waals surface area contributed by atoms with Crippen LogP contribution in [0, 0.1) is 11.5 Å². The topological polar surface area (TPSA) is 114 Å². The minimum Gasteiger partial charge on any atom is -0.407 e. The Balaban J connectivity index is 2.03. The van der Waals surface area contributed by atoms with Crippen molar-refractivity contribution in [2.24, 2.45) is 0 Å². The largest absolute Gasteiger partial charge is 0.407 e. The molecule has 1 amide bonds. The molecule has 38 heavy (non-hydrogen) atoms. The third kappa shape index (κ3) is 6.67. The third-order valence-corrected chi connectivity index (χ3v) is 13.8. The van der Waals surface area contributed by atoms with Crippen LogP contribution in [0.15, 0.2) is 47.4 Å². The molecule has 1 aromatic carbocycles. The van der Waals surface area contributed by atoms with Crippen molar-refractivity contribution in [1.29, 1.82) is 0 Å². The molecule has 0 aliphatic carbocycles. The van der Waals surface area contributed by atoms with Crippen molar-refractivity contribution in [3.8, 4) is 11.5 Å². The molecule has 1 fully saturated rings. The average Bonchev–Trinajstić information content (AvgIpc) is 3.08. The molecular weight excluding hydrogens is 535 g/mol. The van der Waals surface area contributed by atoms with E-state index in [9.17, 15) is 19.8 Å². The Morgan fingerprint density at radius 2 is 1.82 bits per heavy atom. The number of carbonyl (C=O) groups excluding carboxylic acids is 1. The number of rotatable bonds is 6. The first-order valence-electron chi connectivity index (χ1n) is 12.6. The standard InChI is InChI=1S/C27H39N3O5SSi2/c1-26(2,3)38(7,8)35-22-24(36-20(18-31)27(22,34)15-17-37(4,5)6)30-16-14-21(29-25(30)33)28-23(32)19-12-10-9-11-13-19/h9-14,16,20,22,24,31,34H,18H2,1-8H3,(H,28,29,32,33)/t20-,22+,24-,27-/m1/s1. The summed E-state index contributed by atoms with van der Waals surface area (Å²) in [5.41, 5.74) is 1.44. The van der Waals surface area contributed by atoms with Gasteiger partial charge in [0.05, 0.1) is 11.9 Å². The number of carbonyl (C=O) groups is 1. The summed E-state index contributed by atoms with van der Waals surface area (Å²) in [6.45, 7) is 16.4. The van der Waals surface area contributed by atoms with Crippen LogP contribution >= 0.6 is 11.8 Å². The quantitative estimate of drug-likeness (QED) is 0.352. The van der Waals surface area contributed by atoms with E-state index in [1.807, 2.05) is 6.07 Å². The summed E-state index contributed by atoms with van der Waals surface area (Å²) in [7, 11) is -4.32. The zero-order chi connectivity index (χ0) is 28.5. The summed E-state index contributed by atoms with van der Waals surface area (Å²) in [6, 6.07) is 10.2. The average molecular weight is 574 g/mol. The highest BCUT2D eigenvalue weighted by atomic mass is 32.2. The van der Waals surface area contributed by atoms with E-state index >= 15 is 0 Å². The maximum Gasteiger partial charge on any atom is 0.350 e. The van der Waals surface area contributed by atoms with Gasteiger partial charge in [-0.3, -0.25) is 9.36 Å². The van der Waals surface area contributed by atoms with E-state index in [0.717, 1.165) is 0 Å². The number of aromatic nitrogens is 2. The molecule has 4 atom stereocenters. The molecule has 2 heterocycles. The first-order chi connectivity index (χ1) is 17.5. The van der Waals surface area contributed by atoms with Crippen LogP contribution < -0.4 is 11.0 Å². The Bertz CT molecular complexity index is 1280. The van der Waals surface area contributed by atoms with Crippen LogP contribution in [0.25, 0.3) is 0 Å². The fraction of sp³-hybridized carbons (Fsp3) is 0.519. The van der Waals surface area contributed by atoms with Gasteiger partial charge >= 0.3 is 5.69 Å². The Morgan fingerprint density at radius 3 is 2.34 bits per heavy atom. The van der Waals surface area contributed by atoms with Gasteiger partial charge in [0.15, 0.2) is 13.9 Å². The van der Waals surface area contributed by atoms with E-state index in [1.165, 1.54) is 16.3 Å². The maximum atomic E-state index is 13.2. The van der Waals surface area contributed by atoms with Crippen molar-refractivity contribution < 1.29 is 19.4 Å². The first-order valence-corrected chi connectivity index (χ1v) is 20.0. The molecule has 8 nitrogen and oxygen atoms in total. The minimum atomic E-state index is -2.44. The zero-order valence-corrected chi connectivity index (χ0v) is 26.2. The molecule has 0 spiro atoms. The number of aliphatic hydroxyl groups excluding tert-OH is 1. The summed E-state index contributed by atoms with van der Waals surface area (Å²) >= 11 is 1.26. The number of nitrogens with one attached hydrogen (secondary N) is 1. The van der Waals surface area contributed by atoms with Crippen molar-refractivity contribution in [3.63, 3.8) is 0 Å². The number of amides is 1. The molecule has 0 unspecified atom stereocenters. The molecule has 0 saturated carbocycles. The van der Waals surface area contributed by atoms with Gasteiger partial charge in [0.1, 0.15) is 25.4 Å². The molecule has 11 heteroatoms. The molecule has 1 saturated heterocycles. The number of benzene rings is 1. The fourth-order valence-electron chi connectivity index (χ4n) is 3.67. The molecule has 1 aliphatic heterocycles. The van der Waals surface area contributed by atoms with Crippen molar-refractivity contribution in [3.05, 3.63) is 58.6 Å². The molecule has 3 N–H and O–H groups in total. The summed E-state index contributed by atoms with van der Waals surface area (Å²) in [5.74, 6) is 2.84. The number of hydrogen-bond donors (Lipinski definition) is 3. The predicted molar refractivity (Wildman–Crippen MR) is 159 cm³/mol. The van der Waals surface area contributed by atoms with Crippen LogP contribution in [-0.2, 0) is 4.43 Å². The normalized spacial score (nSPS) is 24.0. The van der Waals surface area contributed by atoms with Crippen LogP contribution in [0.5, 0.6) is 0 Å². The van der Waals surface area contributed by atoms with E-state index in [2.05, 4.69) is 75.3 Å². The highest BCUT2D eigenvalue weighted by Gasteiger charge is 2.58. The van der Waals surface area contributed by atoms with Gasteiger partial charge in [-0.1, -0.05) is 64.5 Å². The minimum absolute atomic E-state index is 0.123. The lowest BCUT2D eigenvalue weighted by molar-refractivity contribution is -0.0314. The number of aliphatic hydroxyl groups is 2. The lowest BCUT2D eigenvalue weighted by atomic mass is 9.94. The SMILES string of the molecule is CC(C)(C)[Si](C)(C)O[C@H]1[C@H](n2ccc(NC(=O)c3ccccc3)nc2=O)S[C@H](CO)[C@]1(O)C#C[Si](C)(C)C. The van der Waals surface area contributed by atoms with E-state index < -0.39 is 44.4 Å². The highest BCUT2D eigenvalue weighted by molar-refractivity contribution is 8.00. The number of nitrogens with zero attached hydrogens (tertiary/aromatic N) is 2. The number of hydrogen-bond acceptors (Lipinski definition) is 7. The van der Waals surface area contributed by atoms with Crippen molar-refractivity contribution in [2.75, 3.05) is 11.9 Å². The first kappa shape index (κ1) is 30.3. The van der Waals surface area contributed by atoms with Gasteiger partial charge in [0.2, 0.25) is 0 Å². The van der Waals surface area contributed by atoms with Gasteiger partial charge in [-0.25, -0.2) is 4.79 Å². The number of anilines is 1. The van der Waals surface area contributed by atoms with E-state index in [1.54, 1.807) is 36.5 Å². The Morgan fingerprint density at radius 1 is 1.18 bits per heavy atom. The smallest absolute Gasteiger partial charge is 0.350 e. The number of thioether (sulfide) groups is 1. The van der Waals surface area contributed by atoms with Gasteiger partial charge < -0.3 is 20.0 Å². The van der Waals surface area contributed by atoms with Crippen LogP contribution in [0.3, 0.4) is 0 Å². The Hall–Kier alpha value is -2.21. The van der Waals surface area contributed by atoms with E-state index in [4.69, 9.17) is 4.43 Å². The second-order valence-electron chi connectivity index (χ2n) is 12.1. The maximum absolute atomic E-state index is 13.2. The van der Waals surface area contributed by atoms with Gasteiger partial charge in [0.25, 0.3) is 5.91 Å². The van der Waals surface area contributed by atoms with Crippen LogP contribution in [0.2, 0.25) is 37.8 Å². The van der Waals surface area contributed by atoms with Crippen molar-refractivity contribution in [1.82, 2.24) is 9.55 Å². The summed E-state index contributed by atoms with van der Waals surface area (Å²) in [4.78, 5) is 29.9. The van der Waals surface area contributed by atoms with Crippen LogP contribution in [-0.4, -0.2) is 65.6 Å². The highest BCUT2D eigenvalue weighted by Crippen LogP contribution is 2.51. The molecule has 1 aliphatic rings. The van der Waals surface area contributed by atoms with Gasteiger partial charge in [-0.2, -0.15) is 4.98 Å². The molecular formula is C27H39N3O5SSi2. The van der Waals surface area contributed by atoms with Crippen molar-refractivity contribution >= 4 is 39.9 Å². The van der Waals surface area contributed by atoms with Crippen LogP contribution in [0.4, 0.5) is 5.82 Å². The van der Waals surface area contributed by atoms with Crippen LogP contribution in [0.1, 0.15) is 36.5 Å². The predicted octanol–water partition coefficient (Wildman–Crippen LogP) is 4.10. The Kier molecular flexibility index (Phi) is 8.87. The van der Waals surface area contributed by atoms with Gasteiger partial charge in [-0.05, 0) is 36.3 Å². The zero-order valence-electron chi connectivity index (χ0n) is 23.4. The molecule has 0 radical (unpaired) electrons. The van der Waals surface area contributed by atoms with E-state index in [-0.39, 0.29) is 23.4 Å². The second-order valence-corrected chi connectivity index (χ2v) is 23.0. The molecule has 0 bridgehead atoms. The molecule has 2 aromatic rings. The van der Waals surface area contributed by atoms with Crippen molar-refractivity contribution in [2.45, 2.75) is 80.9 Å². The molecule has 206 valence electrons. The lowest BCUT2D eigenvalue weighted by Crippen LogP contribution is -2.55. The van der Waals surface area contributed by atoms with Gasteiger partial charge in [-0.15, -0.1) is 17.3 Å². The Labute approximate surface area is 231 Å². The molecule has 3 rings (SSSR count). The summed E-state index contributed by atoms with van der Waals surface area (Å²) in [6.07, 6.45) is 0.667. The second kappa shape index (κ2) is 11.1. The summed E-state index contributed by atoms with van der Waals surface area (Å²) in [5, 5.41) is 23.4. The summed E-state index contributed by atoms with van der Waals surface area (Å²) < 4.78 is 8.16. The van der Waals surface area contributed by atoms with E-state index in [0.29, 0.717) is 5.56 Å².